The molecule has 2 aromatic heterocycles. The second kappa shape index (κ2) is 7.62. The van der Waals surface area contributed by atoms with Crippen molar-refractivity contribution in [3.63, 3.8) is 0 Å². The Labute approximate surface area is 171 Å². The molecular weight excluding hydrogens is 360 g/mol. The summed E-state index contributed by atoms with van der Waals surface area (Å²) in [5, 5.41) is 1.07. The van der Waals surface area contributed by atoms with Gasteiger partial charge in [0.2, 0.25) is 0 Å². The van der Waals surface area contributed by atoms with E-state index in [1.165, 1.54) is 24.4 Å². The lowest BCUT2D eigenvalue weighted by Gasteiger charge is -2.32. The average molecular weight is 389 g/mol. The number of imidazole rings is 1. The summed E-state index contributed by atoms with van der Waals surface area (Å²) in [5.41, 5.74) is 2.71. The standard InChI is InChI=1S/C24H28N4O/c1-17-15-25-23(28(17)16-19-6-7-19)14-18-10-12-27(13-11-18)24(29)22-9-8-20-4-2-3-5-21(20)26-22/h2-5,8-9,15,18-19H,6-7,10-14,16H2,1H3. The Hall–Kier alpha value is -2.69. The molecule has 1 aliphatic heterocycles. The van der Waals surface area contributed by atoms with Crippen LogP contribution in [0.5, 0.6) is 0 Å². The van der Waals surface area contributed by atoms with Crippen LogP contribution in [0, 0.1) is 18.8 Å². The van der Waals surface area contributed by atoms with E-state index in [1.807, 2.05) is 47.5 Å². The van der Waals surface area contributed by atoms with E-state index in [0.29, 0.717) is 11.6 Å². The van der Waals surface area contributed by atoms with E-state index in [4.69, 9.17) is 4.98 Å². The number of benzene rings is 1. The molecule has 29 heavy (non-hydrogen) atoms. The van der Waals surface area contributed by atoms with Crippen molar-refractivity contribution in [2.45, 2.75) is 45.6 Å². The van der Waals surface area contributed by atoms with Crippen LogP contribution in [0.3, 0.4) is 0 Å². The number of hydrogen-bond acceptors (Lipinski definition) is 3. The molecule has 3 aromatic rings. The Morgan fingerprint density at radius 1 is 1.03 bits per heavy atom. The van der Waals surface area contributed by atoms with E-state index in [0.717, 1.165) is 55.7 Å². The molecule has 1 amide bonds. The molecule has 2 fully saturated rings. The van der Waals surface area contributed by atoms with Crippen LogP contribution < -0.4 is 0 Å². The van der Waals surface area contributed by atoms with Crippen molar-refractivity contribution in [2.24, 2.45) is 11.8 Å². The number of nitrogens with zero attached hydrogens (tertiary/aromatic N) is 4. The van der Waals surface area contributed by atoms with E-state index < -0.39 is 0 Å². The molecule has 1 aromatic carbocycles. The summed E-state index contributed by atoms with van der Waals surface area (Å²) < 4.78 is 2.42. The van der Waals surface area contributed by atoms with Crippen molar-refractivity contribution in [1.82, 2.24) is 19.4 Å². The number of amides is 1. The summed E-state index contributed by atoms with van der Waals surface area (Å²) in [4.78, 5) is 24.2. The molecule has 5 rings (SSSR count). The van der Waals surface area contributed by atoms with Crippen molar-refractivity contribution >= 4 is 16.8 Å². The fraction of sp³-hybridized carbons (Fsp3) is 0.458. The molecule has 0 atom stereocenters. The zero-order valence-electron chi connectivity index (χ0n) is 17.1. The average Bonchev–Trinajstić information content (AvgIpc) is 3.52. The predicted molar refractivity (Wildman–Crippen MR) is 114 cm³/mol. The number of pyridine rings is 1. The van der Waals surface area contributed by atoms with Gasteiger partial charge in [-0.1, -0.05) is 24.3 Å². The van der Waals surface area contributed by atoms with Crippen molar-refractivity contribution in [2.75, 3.05) is 13.1 Å². The number of likely N-dealkylation sites (tertiary alicyclic amines) is 1. The second-order valence-corrected chi connectivity index (χ2v) is 8.70. The third kappa shape index (κ3) is 3.91. The maximum Gasteiger partial charge on any atom is 0.272 e. The first-order valence-electron chi connectivity index (χ1n) is 10.8. The quantitative estimate of drug-likeness (QED) is 0.657. The van der Waals surface area contributed by atoms with Crippen LogP contribution in [0.2, 0.25) is 0 Å². The van der Waals surface area contributed by atoms with Gasteiger partial charge in [-0.2, -0.15) is 0 Å². The molecule has 1 aliphatic carbocycles. The first-order chi connectivity index (χ1) is 14.2. The molecule has 5 heteroatoms. The second-order valence-electron chi connectivity index (χ2n) is 8.70. The predicted octanol–water partition coefficient (Wildman–Crippen LogP) is 4.24. The Morgan fingerprint density at radius 2 is 1.83 bits per heavy atom. The number of hydrogen-bond donors (Lipinski definition) is 0. The Morgan fingerprint density at radius 3 is 2.62 bits per heavy atom. The molecule has 2 aliphatic rings. The van der Waals surface area contributed by atoms with Crippen LogP contribution in [0.1, 0.15) is 47.7 Å². The van der Waals surface area contributed by atoms with Crippen molar-refractivity contribution in [3.8, 4) is 0 Å². The molecule has 0 spiro atoms. The molecule has 1 saturated heterocycles. The van der Waals surface area contributed by atoms with Gasteiger partial charge in [-0.05, 0) is 56.6 Å². The Bertz CT molecular complexity index is 1030. The highest BCUT2D eigenvalue weighted by Gasteiger charge is 2.27. The van der Waals surface area contributed by atoms with E-state index in [-0.39, 0.29) is 5.91 Å². The summed E-state index contributed by atoms with van der Waals surface area (Å²) >= 11 is 0. The number of aromatic nitrogens is 3. The molecule has 3 heterocycles. The zero-order valence-corrected chi connectivity index (χ0v) is 17.1. The third-order valence-corrected chi connectivity index (χ3v) is 6.47. The van der Waals surface area contributed by atoms with Gasteiger partial charge in [-0.3, -0.25) is 4.79 Å². The molecule has 0 N–H and O–H groups in total. The molecule has 150 valence electrons. The largest absolute Gasteiger partial charge is 0.337 e. The first-order valence-corrected chi connectivity index (χ1v) is 10.8. The number of carbonyl (C=O) groups excluding carboxylic acids is 1. The fourth-order valence-corrected chi connectivity index (χ4v) is 4.43. The fourth-order valence-electron chi connectivity index (χ4n) is 4.43. The maximum absolute atomic E-state index is 12.9. The summed E-state index contributed by atoms with van der Waals surface area (Å²) in [6.07, 6.45) is 7.84. The van der Waals surface area contributed by atoms with Gasteiger partial charge in [0.05, 0.1) is 5.52 Å². The van der Waals surface area contributed by atoms with Gasteiger partial charge in [0.1, 0.15) is 11.5 Å². The summed E-state index contributed by atoms with van der Waals surface area (Å²) in [5.74, 6) is 2.74. The monoisotopic (exact) mass is 388 g/mol. The molecule has 1 saturated carbocycles. The van der Waals surface area contributed by atoms with Crippen molar-refractivity contribution < 1.29 is 4.79 Å². The molecular formula is C24H28N4O. The summed E-state index contributed by atoms with van der Waals surface area (Å²) in [6.45, 7) is 4.91. The number of para-hydroxylation sites is 1. The molecule has 0 unspecified atom stereocenters. The zero-order chi connectivity index (χ0) is 19.8. The van der Waals surface area contributed by atoms with Gasteiger partial charge in [-0.15, -0.1) is 0 Å². The smallest absolute Gasteiger partial charge is 0.272 e. The van der Waals surface area contributed by atoms with Crippen LogP contribution in [0.4, 0.5) is 0 Å². The number of piperidine rings is 1. The van der Waals surface area contributed by atoms with Gasteiger partial charge in [-0.25, -0.2) is 9.97 Å². The van der Waals surface area contributed by atoms with Crippen LogP contribution in [0.25, 0.3) is 10.9 Å². The number of fused-ring (bicyclic) bond motifs is 1. The lowest BCUT2D eigenvalue weighted by atomic mass is 9.93. The van der Waals surface area contributed by atoms with Gasteiger partial charge < -0.3 is 9.47 Å². The van der Waals surface area contributed by atoms with Crippen LogP contribution in [0.15, 0.2) is 42.6 Å². The highest BCUT2D eigenvalue weighted by molar-refractivity contribution is 5.94. The van der Waals surface area contributed by atoms with E-state index in [2.05, 4.69) is 16.5 Å². The Balaban J connectivity index is 1.21. The summed E-state index contributed by atoms with van der Waals surface area (Å²) in [6, 6.07) is 11.8. The van der Waals surface area contributed by atoms with Crippen LogP contribution in [-0.2, 0) is 13.0 Å². The minimum absolute atomic E-state index is 0.0558. The van der Waals surface area contributed by atoms with Gasteiger partial charge in [0, 0.05) is 43.3 Å². The first kappa shape index (κ1) is 18.3. The Kier molecular flexibility index (Phi) is 4.82. The maximum atomic E-state index is 12.9. The van der Waals surface area contributed by atoms with Gasteiger partial charge in [0.15, 0.2) is 0 Å². The van der Waals surface area contributed by atoms with E-state index in [1.54, 1.807) is 0 Å². The van der Waals surface area contributed by atoms with Gasteiger partial charge >= 0.3 is 0 Å². The van der Waals surface area contributed by atoms with Gasteiger partial charge in [0.25, 0.3) is 5.91 Å². The minimum atomic E-state index is 0.0558. The lowest BCUT2D eigenvalue weighted by molar-refractivity contribution is 0.0684. The molecule has 0 radical (unpaired) electrons. The lowest BCUT2D eigenvalue weighted by Crippen LogP contribution is -2.39. The SMILES string of the molecule is Cc1cnc(CC2CCN(C(=O)c3ccc4ccccc4n3)CC2)n1CC1CC1. The molecule has 0 bridgehead atoms. The molecule has 5 nitrogen and oxygen atoms in total. The van der Waals surface area contributed by atoms with Crippen molar-refractivity contribution in [3.05, 3.63) is 59.8 Å². The van der Waals surface area contributed by atoms with Crippen molar-refractivity contribution in [1.29, 1.82) is 0 Å². The third-order valence-electron chi connectivity index (χ3n) is 6.47. The van der Waals surface area contributed by atoms with Crippen LogP contribution in [-0.4, -0.2) is 38.4 Å². The number of carbonyl (C=O) groups is 1. The summed E-state index contributed by atoms with van der Waals surface area (Å²) in [7, 11) is 0. The minimum Gasteiger partial charge on any atom is -0.337 e. The van der Waals surface area contributed by atoms with E-state index in [9.17, 15) is 4.79 Å². The highest BCUT2D eigenvalue weighted by Crippen LogP contribution is 2.32. The van der Waals surface area contributed by atoms with Crippen LogP contribution >= 0.6 is 0 Å². The van der Waals surface area contributed by atoms with E-state index >= 15 is 0 Å². The normalized spacial score (nSPS) is 17.8. The number of aryl methyl sites for hydroxylation is 1. The topological polar surface area (TPSA) is 51.0 Å². The highest BCUT2D eigenvalue weighted by atomic mass is 16.2. The number of rotatable bonds is 5.